The summed E-state index contributed by atoms with van der Waals surface area (Å²) in [5.74, 6) is 0. The van der Waals surface area contributed by atoms with Crippen LogP contribution in [0.1, 0.15) is 0 Å². The molecular weight excluding hydrogens is 577 g/mol. The molecule has 10 rings (SSSR count). The van der Waals surface area contributed by atoms with Crippen LogP contribution in [-0.4, -0.2) is 0 Å². The maximum Gasteiger partial charge on any atom is 0.144 e. The van der Waals surface area contributed by atoms with E-state index in [2.05, 4.69) is 157 Å². The van der Waals surface area contributed by atoms with Crippen molar-refractivity contribution in [2.75, 3.05) is 0 Å². The minimum absolute atomic E-state index is 0.913. The molecule has 0 radical (unpaired) electrons. The summed E-state index contributed by atoms with van der Waals surface area (Å²) in [7, 11) is 0. The van der Waals surface area contributed by atoms with E-state index in [9.17, 15) is 0 Å². The molecular formula is C44H26OS. The van der Waals surface area contributed by atoms with Crippen molar-refractivity contribution in [3.8, 4) is 33.4 Å². The van der Waals surface area contributed by atoms with E-state index >= 15 is 0 Å². The molecule has 0 N–H and O–H groups in total. The summed E-state index contributed by atoms with van der Waals surface area (Å²) in [4.78, 5) is 0. The molecule has 0 fully saturated rings. The number of benzene rings is 8. The van der Waals surface area contributed by atoms with Gasteiger partial charge in [0.2, 0.25) is 0 Å². The second-order valence-corrected chi connectivity index (χ2v) is 12.9. The maximum atomic E-state index is 6.82. The van der Waals surface area contributed by atoms with Crippen molar-refractivity contribution in [2.24, 2.45) is 0 Å². The van der Waals surface area contributed by atoms with Crippen LogP contribution in [-0.2, 0) is 0 Å². The summed E-state index contributed by atoms with van der Waals surface area (Å²) in [6.07, 6.45) is 0. The lowest BCUT2D eigenvalue weighted by Crippen LogP contribution is -1.91. The second-order valence-electron chi connectivity index (χ2n) is 12.0. The molecule has 0 aliphatic heterocycles. The number of furan rings is 1. The average Bonchev–Trinajstić information content (AvgIpc) is 3.72. The first kappa shape index (κ1) is 25.6. The highest BCUT2D eigenvalue weighted by molar-refractivity contribution is 7.18. The molecule has 0 saturated carbocycles. The van der Waals surface area contributed by atoms with Gasteiger partial charge < -0.3 is 4.42 Å². The van der Waals surface area contributed by atoms with Crippen LogP contribution in [0.2, 0.25) is 0 Å². The van der Waals surface area contributed by atoms with Crippen LogP contribution in [0, 0.1) is 0 Å². The van der Waals surface area contributed by atoms with Crippen molar-refractivity contribution in [3.63, 3.8) is 0 Å². The highest BCUT2D eigenvalue weighted by Gasteiger charge is 2.20. The third kappa shape index (κ3) is 3.68. The van der Waals surface area contributed by atoms with Crippen molar-refractivity contribution >= 4 is 75.7 Å². The van der Waals surface area contributed by atoms with E-state index in [4.69, 9.17) is 4.42 Å². The molecule has 2 heterocycles. The number of thiophene rings is 1. The van der Waals surface area contributed by atoms with Gasteiger partial charge in [-0.15, -0.1) is 11.3 Å². The molecule has 1 nitrogen and oxygen atoms in total. The first-order valence-electron chi connectivity index (χ1n) is 15.7. The summed E-state index contributed by atoms with van der Waals surface area (Å²) in [5.41, 5.74) is 9.26. The number of rotatable bonds is 3. The topological polar surface area (TPSA) is 13.1 Å². The van der Waals surface area contributed by atoms with Crippen LogP contribution in [0.5, 0.6) is 0 Å². The van der Waals surface area contributed by atoms with Crippen LogP contribution in [0.3, 0.4) is 0 Å². The number of hydrogen-bond donors (Lipinski definition) is 0. The van der Waals surface area contributed by atoms with Gasteiger partial charge in [0, 0.05) is 26.4 Å². The maximum absolute atomic E-state index is 6.82. The Morgan fingerprint density at radius 3 is 1.80 bits per heavy atom. The number of hydrogen-bond acceptors (Lipinski definition) is 2. The van der Waals surface area contributed by atoms with Crippen LogP contribution in [0.25, 0.3) is 97.7 Å². The molecule has 0 saturated heterocycles. The van der Waals surface area contributed by atoms with Gasteiger partial charge in [0.1, 0.15) is 11.2 Å². The molecule has 0 aliphatic rings. The molecule has 214 valence electrons. The van der Waals surface area contributed by atoms with Gasteiger partial charge >= 0.3 is 0 Å². The van der Waals surface area contributed by atoms with Gasteiger partial charge in [0.15, 0.2) is 0 Å². The Balaban J connectivity index is 1.26. The van der Waals surface area contributed by atoms with Crippen molar-refractivity contribution in [2.45, 2.75) is 0 Å². The molecule has 8 aromatic carbocycles. The van der Waals surface area contributed by atoms with Crippen molar-refractivity contribution < 1.29 is 4.42 Å². The van der Waals surface area contributed by atoms with Gasteiger partial charge in [-0.25, -0.2) is 0 Å². The van der Waals surface area contributed by atoms with E-state index in [-0.39, 0.29) is 0 Å². The minimum Gasteiger partial charge on any atom is -0.455 e. The van der Waals surface area contributed by atoms with Gasteiger partial charge in [-0.1, -0.05) is 127 Å². The Kier molecular flexibility index (Phi) is 5.51. The Hall–Kier alpha value is -5.70. The summed E-state index contributed by atoms with van der Waals surface area (Å²) in [5, 5.41) is 13.3. The van der Waals surface area contributed by atoms with Crippen molar-refractivity contribution in [1.29, 1.82) is 0 Å². The summed E-state index contributed by atoms with van der Waals surface area (Å²) >= 11 is 1.78. The smallest absolute Gasteiger partial charge is 0.144 e. The third-order valence-electron chi connectivity index (χ3n) is 9.54. The van der Waals surface area contributed by atoms with Crippen LogP contribution in [0.15, 0.2) is 161 Å². The lowest BCUT2D eigenvalue weighted by molar-refractivity contribution is 0.673. The largest absolute Gasteiger partial charge is 0.455 e. The lowest BCUT2D eigenvalue weighted by Gasteiger charge is -2.18. The van der Waals surface area contributed by atoms with E-state index < -0.39 is 0 Å². The van der Waals surface area contributed by atoms with Crippen LogP contribution in [0.4, 0.5) is 0 Å². The van der Waals surface area contributed by atoms with Gasteiger partial charge in [-0.2, -0.15) is 0 Å². The highest BCUT2D eigenvalue weighted by Crippen LogP contribution is 2.47. The SMILES string of the molecule is c1ccc(-c2csc3ccc4c5ccc(-c6c7ccccc7c(-c7cccc8ccccc78)c7ccccc67)cc5oc4c23)cc1. The first-order chi connectivity index (χ1) is 22.8. The van der Waals surface area contributed by atoms with Crippen LogP contribution < -0.4 is 0 Å². The normalized spacial score (nSPS) is 11.9. The summed E-state index contributed by atoms with van der Waals surface area (Å²) in [6.45, 7) is 0. The quantitative estimate of drug-likeness (QED) is 0.183. The standard InChI is InChI=1S/C44H26OS/c1-2-11-28(12-3-1)38-26-46-40-24-23-37-31-22-21-29(25-39(31)45-44(37)43(38)40)41-33-16-6-8-18-35(33)42(36-19-9-7-17-34(36)41)32-20-10-14-27-13-4-5-15-30(27)32/h1-26H. The van der Waals surface area contributed by atoms with Gasteiger partial charge in [0.25, 0.3) is 0 Å². The predicted octanol–water partition coefficient (Wildman–Crippen LogP) is 13.3. The fourth-order valence-corrected chi connectivity index (χ4v) is 8.48. The zero-order valence-corrected chi connectivity index (χ0v) is 25.6. The number of fused-ring (bicyclic) bond motifs is 8. The lowest BCUT2D eigenvalue weighted by atomic mass is 9.84. The molecule has 0 amide bonds. The fourth-order valence-electron chi connectivity index (χ4n) is 7.52. The summed E-state index contributed by atoms with van der Waals surface area (Å²) < 4.78 is 8.06. The Morgan fingerprint density at radius 1 is 0.413 bits per heavy atom. The van der Waals surface area contributed by atoms with Gasteiger partial charge in [-0.3, -0.25) is 0 Å². The Bertz CT molecular complexity index is 2740. The molecule has 0 aliphatic carbocycles. The van der Waals surface area contributed by atoms with Crippen LogP contribution >= 0.6 is 11.3 Å². The molecule has 0 bridgehead atoms. The Labute approximate surface area is 269 Å². The van der Waals surface area contributed by atoms with E-state index in [1.54, 1.807) is 11.3 Å². The molecule has 0 spiro atoms. The zero-order chi connectivity index (χ0) is 30.2. The Morgan fingerprint density at radius 2 is 1.04 bits per heavy atom. The fraction of sp³-hybridized carbons (Fsp3) is 0. The second kappa shape index (κ2) is 9.90. The summed E-state index contributed by atoms with van der Waals surface area (Å²) in [6, 6.07) is 55.0. The first-order valence-corrected chi connectivity index (χ1v) is 16.6. The van der Waals surface area contributed by atoms with Crippen molar-refractivity contribution in [1.82, 2.24) is 0 Å². The molecule has 46 heavy (non-hydrogen) atoms. The van der Waals surface area contributed by atoms with E-state index in [1.807, 2.05) is 0 Å². The highest BCUT2D eigenvalue weighted by atomic mass is 32.1. The van der Waals surface area contributed by atoms with Gasteiger partial charge in [-0.05, 0) is 89.8 Å². The molecule has 2 aromatic heterocycles. The monoisotopic (exact) mass is 602 g/mol. The molecule has 2 heteroatoms. The molecule has 0 atom stereocenters. The molecule has 10 aromatic rings. The zero-order valence-electron chi connectivity index (χ0n) is 24.8. The predicted molar refractivity (Wildman–Crippen MR) is 198 cm³/mol. The minimum atomic E-state index is 0.913. The third-order valence-corrected chi connectivity index (χ3v) is 10.5. The average molecular weight is 603 g/mol. The van der Waals surface area contributed by atoms with Gasteiger partial charge in [0.05, 0.1) is 0 Å². The van der Waals surface area contributed by atoms with E-state index in [0.717, 1.165) is 27.5 Å². The van der Waals surface area contributed by atoms with Crippen molar-refractivity contribution in [3.05, 3.63) is 157 Å². The molecule has 0 unspecified atom stereocenters. The van der Waals surface area contributed by atoms with E-state index in [1.165, 1.54) is 70.2 Å². The van der Waals surface area contributed by atoms with E-state index in [0.29, 0.717) is 0 Å².